The van der Waals surface area contributed by atoms with E-state index < -0.39 is 16.2 Å². The first-order valence-electron chi connectivity index (χ1n) is 9.10. The lowest BCUT2D eigenvalue weighted by molar-refractivity contribution is 0.0697. The lowest BCUT2D eigenvalue weighted by atomic mass is 9.92. The van der Waals surface area contributed by atoms with Crippen molar-refractivity contribution in [1.29, 1.82) is 0 Å². The fraction of sp³-hybridized carbons (Fsp3) is 0.421. The number of aromatic carboxylic acids is 1. The highest BCUT2D eigenvalue weighted by atomic mass is 32.2. The van der Waals surface area contributed by atoms with Crippen LogP contribution in [-0.4, -0.2) is 65.3 Å². The normalized spacial score (nSPS) is 18.3. The molecular weight excluding hydrogens is 380 g/mol. The van der Waals surface area contributed by atoms with E-state index in [4.69, 9.17) is 0 Å². The van der Waals surface area contributed by atoms with Crippen LogP contribution in [0.3, 0.4) is 0 Å². The maximum absolute atomic E-state index is 12.4. The Bertz CT molecular complexity index is 962. The molecule has 0 aliphatic carbocycles. The van der Waals surface area contributed by atoms with E-state index in [1.807, 2.05) is 6.07 Å². The van der Waals surface area contributed by atoms with Gasteiger partial charge in [-0.15, -0.1) is 0 Å². The lowest BCUT2D eigenvalue weighted by Crippen LogP contribution is -2.45. The van der Waals surface area contributed by atoms with Crippen molar-refractivity contribution in [1.82, 2.24) is 18.6 Å². The Morgan fingerprint density at radius 1 is 1.29 bits per heavy atom. The van der Waals surface area contributed by atoms with Gasteiger partial charge in [0.05, 0.1) is 17.0 Å². The molecule has 1 atom stereocenters. The molecule has 1 aliphatic heterocycles. The van der Waals surface area contributed by atoms with Crippen molar-refractivity contribution in [2.75, 3.05) is 27.2 Å². The zero-order valence-corrected chi connectivity index (χ0v) is 16.8. The fourth-order valence-corrected chi connectivity index (χ4v) is 4.69. The van der Waals surface area contributed by atoms with Crippen LogP contribution in [0.1, 0.15) is 28.9 Å². The molecule has 0 bridgehead atoms. The van der Waals surface area contributed by atoms with Gasteiger partial charge in [0.15, 0.2) is 0 Å². The molecule has 2 aromatic rings. The van der Waals surface area contributed by atoms with Crippen LogP contribution >= 0.6 is 0 Å². The van der Waals surface area contributed by atoms with Gasteiger partial charge in [0.2, 0.25) is 0 Å². The zero-order chi connectivity index (χ0) is 20.3. The van der Waals surface area contributed by atoms with Gasteiger partial charge >= 0.3 is 5.97 Å². The molecule has 0 amide bonds. The number of carboxylic acids is 1. The predicted octanol–water partition coefficient (Wildman–Crippen LogP) is 1.90. The molecule has 0 spiro atoms. The summed E-state index contributed by atoms with van der Waals surface area (Å²) < 4.78 is 27.6. The molecule has 1 aliphatic rings. The molecule has 8 nitrogen and oxygen atoms in total. The third kappa shape index (κ3) is 4.37. The minimum absolute atomic E-state index is 0.126. The van der Waals surface area contributed by atoms with Crippen molar-refractivity contribution in [3.63, 3.8) is 0 Å². The third-order valence-corrected chi connectivity index (χ3v) is 6.82. The number of nitrogens with zero attached hydrogens (tertiary/aromatic N) is 4. The van der Waals surface area contributed by atoms with Gasteiger partial charge in [0, 0.05) is 45.1 Å². The summed E-state index contributed by atoms with van der Waals surface area (Å²) in [6.45, 7) is 0.955. The summed E-state index contributed by atoms with van der Waals surface area (Å²) in [7, 11) is -0.363. The number of carbonyl (C=O) groups is 1. The van der Waals surface area contributed by atoms with Crippen LogP contribution in [0.4, 0.5) is 0 Å². The Hall–Kier alpha value is -2.36. The van der Waals surface area contributed by atoms with E-state index in [1.165, 1.54) is 28.8 Å². The molecule has 0 saturated carbocycles. The minimum atomic E-state index is -3.44. The smallest absolute Gasteiger partial charge is 0.335 e. The largest absolute Gasteiger partial charge is 0.478 e. The van der Waals surface area contributed by atoms with Crippen LogP contribution in [0.25, 0.3) is 11.3 Å². The first-order chi connectivity index (χ1) is 13.3. The molecule has 9 heteroatoms. The molecular formula is C19H24N4O4S. The second-order valence-electron chi connectivity index (χ2n) is 7.10. The zero-order valence-electron chi connectivity index (χ0n) is 15.9. The van der Waals surface area contributed by atoms with Crippen LogP contribution in [0.5, 0.6) is 0 Å². The maximum Gasteiger partial charge on any atom is 0.335 e. The molecule has 0 radical (unpaired) electrons. The SMILES string of the molecule is CN(C)S(=O)(=O)N1CCC[C@@H](Cc2nccnc2-c2cccc(C(=O)O)c2)C1. The standard InChI is InChI=1S/C19H24N4O4S/c1-22(2)28(26,27)23-10-4-5-14(13-23)11-17-18(21-9-8-20-17)15-6-3-7-16(12-15)19(24)25/h3,6-9,12,14H,4-5,10-11,13H2,1-2H3,(H,24,25)/t14-/m0/s1. The van der Waals surface area contributed by atoms with Crippen molar-refractivity contribution in [2.24, 2.45) is 5.92 Å². The third-order valence-electron chi connectivity index (χ3n) is 4.91. The quantitative estimate of drug-likeness (QED) is 0.789. The molecule has 3 rings (SSSR count). The molecule has 1 saturated heterocycles. The summed E-state index contributed by atoms with van der Waals surface area (Å²) in [5.74, 6) is -0.870. The highest BCUT2D eigenvalue weighted by Crippen LogP contribution is 2.27. The molecule has 28 heavy (non-hydrogen) atoms. The van der Waals surface area contributed by atoms with Gasteiger partial charge in [-0.1, -0.05) is 12.1 Å². The molecule has 150 valence electrons. The minimum Gasteiger partial charge on any atom is -0.478 e. The molecule has 1 aromatic heterocycles. The van der Waals surface area contributed by atoms with Crippen LogP contribution < -0.4 is 0 Å². The first kappa shape index (κ1) is 20.4. The van der Waals surface area contributed by atoms with E-state index in [-0.39, 0.29) is 11.5 Å². The number of hydrogen-bond donors (Lipinski definition) is 1. The van der Waals surface area contributed by atoms with Crippen LogP contribution in [-0.2, 0) is 16.6 Å². The second-order valence-corrected chi connectivity index (χ2v) is 9.24. The van der Waals surface area contributed by atoms with Crippen molar-refractivity contribution >= 4 is 16.2 Å². The predicted molar refractivity (Wildman–Crippen MR) is 105 cm³/mol. The van der Waals surface area contributed by atoms with Gasteiger partial charge in [0.1, 0.15) is 0 Å². The average molecular weight is 404 g/mol. The highest BCUT2D eigenvalue weighted by Gasteiger charge is 2.31. The Morgan fingerprint density at radius 2 is 2.04 bits per heavy atom. The van der Waals surface area contributed by atoms with Crippen molar-refractivity contribution in [3.05, 3.63) is 47.9 Å². The Morgan fingerprint density at radius 3 is 2.75 bits per heavy atom. The van der Waals surface area contributed by atoms with Gasteiger partial charge in [0.25, 0.3) is 10.2 Å². The Balaban J connectivity index is 1.84. The number of aromatic nitrogens is 2. The van der Waals surface area contributed by atoms with Gasteiger partial charge in [-0.25, -0.2) is 4.79 Å². The van der Waals surface area contributed by atoms with E-state index in [0.29, 0.717) is 30.8 Å². The number of rotatable bonds is 6. The second kappa shape index (κ2) is 8.34. The Labute approximate surface area is 165 Å². The topological polar surface area (TPSA) is 104 Å². The van der Waals surface area contributed by atoms with E-state index in [2.05, 4.69) is 9.97 Å². The summed E-state index contributed by atoms with van der Waals surface area (Å²) in [4.78, 5) is 20.1. The summed E-state index contributed by atoms with van der Waals surface area (Å²) in [6.07, 6.45) is 5.47. The van der Waals surface area contributed by atoms with Crippen LogP contribution in [0, 0.1) is 5.92 Å². The van der Waals surface area contributed by atoms with E-state index in [1.54, 1.807) is 24.5 Å². The number of carboxylic acid groups (broad SMARTS) is 1. The lowest BCUT2D eigenvalue weighted by Gasteiger charge is -2.33. The maximum atomic E-state index is 12.4. The molecule has 1 aromatic carbocycles. The van der Waals surface area contributed by atoms with Crippen LogP contribution in [0.2, 0.25) is 0 Å². The summed E-state index contributed by atoms with van der Waals surface area (Å²) >= 11 is 0. The van der Waals surface area contributed by atoms with Gasteiger partial charge in [-0.05, 0) is 37.3 Å². The molecule has 0 unspecified atom stereocenters. The van der Waals surface area contributed by atoms with Gasteiger partial charge in [-0.3, -0.25) is 9.97 Å². The summed E-state index contributed by atoms with van der Waals surface area (Å²) in [6, 6.07) is 6.61. The highest BCUT2D eigenvalue weighted by molar-refractivity contribution is 7.86. The average Bonchev–Trinajstić information content (AvgIpc) is 2.68. The monoisotopic (exact) mass is 404 g/mol. The van der Waals surface area contributed by atoms with Gasteiger partial charge in [-0.2, -0.15) is 17.0 Å². The summed E-state index contributed by atoms with van der Waals surface area (Å²) in [5, 5.41) is 9.23. The van der Waals surface area contributed by atoms with E-state index in [0.717, 1.165) is 18.5 Å². The number of piperidine rings is 1. The Kier molecular flexibility index (Phi) is 6.07. The van der Waals surface area contributed by atoms with Crippen LogP contribution in [0.15, 0.2) is 36.7 Å². The first-order valence-corrected chi connectivity index (χ1v) is 10.5. The summed E-state index contributed by atoms with van der Waals surface area (Å²) in [5.41, 5.74) is 2.27. The molecule has 2 heterocycles. The van der Waals surface area contributed by atoms with Crippen molar-refractivity contribution < 1.29 is 18.3 Å². The van der Waals surface area contributed by atoms with Crippen molar-refractivity contribution in [3.8, 4) is 11.3 Å². The fourth-order valence-electron chi connectivity index (χ4n) is 3.46. The van der Waals surface area contributed by atoms with Gasteiger partial charge < -0.3 is 5.11 Å². The molecule has 1 N–H and O–H groups in total. The molecule has 1 fully saturated rings. The number of hydrogen-bond acceptors (Lipinski definition) is 5. The van der Waals surface area contributed by atoms with E-state index >= 15 is 0 Å². The number of benzene rings is 1. The van der Waals surface area contributed by atoms with E-state index in [9.17, 15) is 18.3 Å². The van der Waals surface area contributed by atoms with Crippen molar-refractivity contribution in [2.45, 2.75) is 19.3 Å².